The molecule has 0 bridgehead atoms. The number of thiocarbonyl (C=S) groups is 1. The van der Waals surface area contributed by atoms with Crippen LogP contribution in [0.2, 0.25) is 0 Å². The van der Waals surface area contributed by atoms with E-state index in [1.807, 2.05) is 0 Å². The number of nitro benzene ring substituents is 1. The highest BCUT2D eigenvalue weighted by Gasteiger charge is 2.36. The van der Waals surface area contributed by atoms with E-state index in [4.69, 9.17) is 16.4 Å². The molecule has 1 fully saturated rings. The predicted molar refractivity (Wildman–Crippen MR) is 139 cm³/mol. The number of hydrogen-bond donors (Lipinski definition) is 0. The number of hydrogen-bond acceptors (Lipinski definition) is 8. The van der Waals surface area contributed by atoms with Crippen molar-refractivity contribution in [2.45, 2.75) is 18.0 Å². The van der Waals surface area contributed by atoms with Gasteiger partial charge in [-0.05, 0) is 55.0 Å². The van der Waals surface area contributed by atoms with Gasteiger partial charge in [-0.2, -0.15) is 21.6 Å². The number of carbonyl (C=O) groups is 1. The molecule has 3 aromatic carbocycles. The Morgan fingerprint density at radius 1 is 1.08 bits per heavy atom. The maximum absolute atomic E-state index is 13.1. The van der Waals surface area contributed by atoms with E-state index in [9.17, 15) is 36.5 Å². The SMILES string of the molecule is Cc1ccc(S(=O)(=O)Oc2ccc(/C=C3/SC(=S)N(c4cccc(C(F)(F)F)c4)C3=O)cc2)cc1[N+](=O)[O-]. The van der Waals surface area contributed by atoms with Gasteiger partial charge in [0.25, 0.3) is 11.6 Å². The average molecular weight is 581 g/mol. The van der Waals surface area contributed by atoms with Crippen molar-refractivity contribution in [3.8, 4) is 5.75 Å². The lowest BCUT2D eigenvalue weighted by Crippen LogP contribution is -2.27. The van der Waals surface area contributed by atoms with Crippen LogP contribution in [0.4, 0.5) is 24.5 Å². The first kappa shape index (κ1) is 27.3. The summed E-state index contributed by atoms with van der Waals surface area (Å²) in [6.07, 6.45) is -3.13. The average Bonchev–Trinajstić information content (AvgIpc) is 3.12. The molecular formula is C24H15F3N2O6S3. The fraction of sp³-hybridized carbons (Fsp3) is 0.0833. The summed E-state index contributed by atoms with van der Waals surface area (Å²) in [4.78, 5) is 24.1. The second-order valence-electron chi connectivity index (χ2n) is 7.88. The zero-order valence-corrected chi connectivity index (χ0v) is 21.6. The van der Waals surface area contributed by atoms with Crippen LogP contribution in [0.5, 0.6) is 5.75 Å². The highest BCUT2D eigenvalue weighted by atomic mass is 32.2. The van der Waals surface area contributed by atoms with Crippen LogP contribution < -0.4 is 9.08 Å². The van der Waals surface area contributed by atoms with Gasteiger partial charge in [0.1, 0.15) is 10.6 Å². The van der Waals surface area contributed by atoms with E-state index in [1.54, 1.807) is 0 Å². The molecule has 14 heteroatoms. The monoisotopic (exact) mass is 580 g/mol. The minimum absolute atomic E-state index is 0.0176. The number of alkyl halides is 3. The highest BCUT2D eigenvalue weighted by molar-refractivity contribution is 8.27. The number of rotatable bonds is 6. The Kier molecular flexibility index (Phi) is 7.32. The number of anilines is 1. The van der Waals surface area contributed by atoms with Gasteiger partial charge in [0.15, 0.2) is 4.32 Å². The van der Waals surface area contributed by atoms with E-state index in [-0.39, 0.29) is 31.9 Å². The second-order valence-corrected chi connectivity index (χ2v) is 11.1. The van der Waals surface area contributed by atoms with Gasteiger partial charge in [-0.3, -0.25) is 19.8 Å². The largest absolute Gasteiger partial charge is 0.416 e. The van der Waals surface area contributed by atoms with Crippen LogP contribution in [0, 0.1) is 17.0 Å². The molecule has 8 nitrogen and oxygen atoms in total. The number of aryl methyl sites for hydroxylation is 1. The van der Waals surface area contributed by atoms with Crippen molar-refractivity contribution < 1.29 is 35.5 Å². The number of carbonyl (C=O) groups excluding carboxylic acids is 1. The van der Waals surface area contributed by atoms with E-state index in [0.717, 1.165) is 34.9 Å². The van der Waals surface area contributed by atoms with E-state index in [2.05, 4.69) is 0 Å². The maximum atomic E-state index is 13.1. The molecule has 1 saturated heterocycles. The number of nitro groups is 1. The highest BCUT2D eigenvalue weighted by Crippen LogP contribution is 2.38. The van der Waals surface area contributed by atoms with Crippen molar-refractivity contribution in [1.82, 2.24) is 0 Å². The fourth-order valence-electron chi connectivity index (χ4n) is 3.40. The molecule has 0 aliphatic carbocycles. The summed E-state index contributed by atoms with van der Waals surface area (Å²) in [6, 6.07) is 13.2. The lowest BCUT2D eigenvalue weighted by molar-refractivity contribution is -0.385. The van der Waals surface area contributed by atoms with Crippen molar-refractivity contribution in [1.29, 1.82) is 0 Å². The van der Waals surface area contributed by atoms with Gasteiger partial charge in [-0.25, -0.2) is 0 Å². The molecule has 0 atom stereocenters. The van der Waals surface area contributed by atoms with Crippen LogP contribution in [0.3, 0.4) is 0 Å². The smallest absolute Gasteiger partial charge is 0.379 e. The van der Waals surface area contributed by atoms with Crippen LogP contribution in [0.15, 0.2) is 76.5 Å². The van der Waals surface area contributed by atoms with Crippen molar-refractivity contribution >= 4 is 61.8 Å². The summed E-state index contributed by atoms with van der Waals surface area (Å²) in [6.45, 7) is 1.47. The Labute approximate surface area is 224 Å². The number of halogens is 3. The summed E-state index contributed by atoms with van der Waals surface area (Å²) >= 11 is 6.11. The Hall–Kier alpha value is -3.75. The molecule has 0 radical (unpaired) electrons. The normalized spacial score (nSPS) is 15.3. The third-order valence-electron chi connectivity index (χ3n) is 5.28. The van der Waals surface area contributed by atoms with Gasteiger partial charge in [-0.15, -0.1) is 0 Å². The Bertz CT molecular complexity index is 1600. The molecule has 0 saturated carbocycles. The first-order valence-electron chi connectivity index (χ1n) is 10.5. The Balaban J connectivity index is 1.53. The molecular weight excluding hydrogens is 565 g/mol. The lowest BCUT2D eigenvalue weighted by atomic mass is 10.1. The van der Waals surface area contributed by atoms with Crippen LogP contribution in [0.25, 0.3) is 6.08 Å². The van der Waals surface area contributed by atoms with Crippen LogP contribution in [0.1, 0.15) is 16.7 Å². The fourth-order valence-corrected chi connectivity index (χ4v) is 5.65. The van der Waals surface area contributed by atoms with Crippen molar-refractivity contribution in [2.24, 2.45) is 0 Å². The molecule has 0 unspecified atom stereocenters. The van der Waals surface area contributed by atoms with Crippen LogP contribution in [-0.4, -0.2) is 23.6 Å². The topological polar surface area (TPSA) is 107 Å². The number of amides is 1. The number of thioether (sulfide) groups is 1. The first-order chi connectivity index (χ1) is 17.8. The number of benzene rings is 3. The Morgan fingerprint density at radius 3 is 2.39 bits per heavy atom. The zero-order chi connectivity index (χ0) is 27.8. The standard InChI is InChI=1S/C24H15F3N2O6S3/c1-14-5-10-19(13-20(14)29(31)32)38(33,34)35-18-8-6-15(7-9-18)11-21-22(30)28(23(36)37-21)17-4-2-3-16(12-17)24(25,26)27/h2-13H,1H3/b21-11+. The van der Waals surface area contributed by atoms with E-state index in [0.29, 0.717) is 5.56 Å². The molecule has 1 amide bonds. The molecule has 38 heavy (non-hydrogen) atoms. The second kappa shape index (κ2) is 10.2. The molecule has 0 N–H and O–H groups in total. The van der Waals surface area contributed by atoms with E-state index < -0.39 is 37.6 Å². The van der Waals surface area contributed by atoms with Gasteiger partial charge in [0.05, 0.1) is 21.1 Å². The molecule has 1 aliphatic heterocycles. The van der Waals surface area contributed by atoms with Gasteiger partial charge in [0, 0.05) is 11.6 Å². The predicted octanol–water partition coefficient (Wildman–Crippen LogP) is 6.10. The minimum atomic E-state index is -4.59. The zero-order valence-electron chi connectivity index (χ0n) is 19.1. The van der Waals surface area contributed by atoms with E-state index >= 15 is 0 Å². The lowest BCUT2D eigenvalue weighted by Gasteiger charge is -2.16. The summed E-state index contributed by atoms with van der Waals surface area (Å²) in [5, 5.41) is 11.1. The van der Waals surface area contributed by atoms with E-state index in [1.165, 1.54) is 61.5 Å². The van der Waals surface area contributed by atoms with Gasteiger partial charge < -0.3 is 4.18 Å². The van der Waals surface area contributed by atoms with Crippen molar-refractivity contribution in [2.75, 3.05) is 4.90 Å². The molecule has 0 aromatic heterocycles. The van der Waals surface area contributed by atoms with Gasteiger partial charge in [0.2, 0.25) is 0 Å². The first-order valence-corrected chi connectivity index (χ1v) is 13.1. The molecule has 1 aliphatic rings. The summed E-state index contributed by atoms with van der Waals surface area (Å²) in [7, 11) is -4.37. The summed E-state index contributed by atoms with van der Waals surface area (Å²) in [5.74, 6) is -0.690. The van der Waals surface area contributed by atoms with Crippen molar-refractivity contribution in [3.63, 3.8) is 0 Å². The molecule has 196 valence electrons. The molecule has 1 heterocycles. The number of nitrogens with zero attached hydrogens (tertiary/aromatic N) is 2. The third-order valence-corrected chi connectivity index (χ3v) is 7.82. The maximum Gasteiger partial charge on any atom is 0.416 e. The minimum Gasteiger partial charge on any atom is -0.379 e. The van der Waals surface area contributed by atoms with Crippen LogP contribution >= 0.6 is 24.0 Å². The quantitative estimate of drug-likeness (QED) is 0.113. The third kappa shape index (κ3) is 5.71. The summed E-state index contributed by atoms with van der Waals surface area (Å²) in [5.41, 5.74) is -0.552. The van der Waals surface area contributed by atoms with Gasteiger partial charge in [-0.1, -0.05) is 48.2 Å². The molecule has 0 spiro atoms. The van der Waals surface area contributed by atoms with Crippen LogP contribution in [-0.2, 0) is 21.1 Å². The molecule has 4 rings (SSSR count). The Morgan fingerprint density at radius 2 is 1.76 bits per heavy atom. The summed E-state index contributed by atoms with van der Waals surface area (Å²) < 4.78 is 69.6. The molecule has 3 aromatic rings. The van der Waals surface area contributed by atoms with Crippen molar-refractivity contribution in [3.05, 3.63) is 98.4 Å². The van der Waals surface area contributed by atoms with Gasteiger partial charge >= 0.3 is 16.3 Å².